The number of aromatic nitrogens is 1. The smallest absolute Gasteiger partial charge is 0.337 e. The van der Waals surface area contributed by atoms with Crippen molar-refractivity contribution in [1.29, 1.82) is 0 Å². The first-order valence-corrected chi connectivity index (χ1v) is 14.0. The summed E-state index contributed by atoms with van der Waals surface area (Å²) in [5.41, 5.74) is 6.45. The summed E-state index contributed by atoms with van der Waals surface area (Å²) in [4.78, 5) is 32.6. The van der Waals surface area contributed by atoms with Gasteiger partial charge in [0.25, 0.3) is 5.91 Å². The minimum atomic E-state index is -1.21. The van der Waals surface area contributed by atoms with Crippen LogP contribution in [0.5, 0.6) is 5.75 Å². The molecule has 8 heteroatoms. The maximum absolute atomic E-state index is 13.2. The van der Waals surface area contributed by atoms with E-state index in [0.717, 1.165) is 71.4 Å². The van der Waals surface area contributed by atoms with E-state index in [2.05, 4.69) is 11.4 Å². The molecule has 3 aliphatic rings. The number of nitrogens with one attached hydrogen (secondary N) is 1. The summed E-state index contributed by atoms with van der Waals surface area (Å²) in [6.45, 7) is 10.3. The van der Waals surface area contributed by atoms with Gasteiger partial charge in [0.05, 0.1) is 23.4 Å². The fourth-order valence-corrected chi connectivity index (χ4v) is 6.13. The maximum Gasteiger partial charge on any atom is 0.337 e. The monoisotopic (exact) mass is 541 g/mol. The second kappa shape index (κ2) is 9.93. The summed E-state index contributed by atoms with van der Waals surface area (Å²) in [5, 5.41) is 14.7. The fraction of sp³-hybridized carbons (Fsp3) is 0.406. The number of carbonyl (C=O) groups excluding carboxylic acids is 1. The van der Waals surface area contributed by atoms with E-state index >= 15 is 0 Å². The molecule has 1 aromatic heterocycles. The molecule has 0 bridgehead atoms. The Kier molecular flexibility index (Phi) is 6.53. The van der Waals surface area contributed by atoms with Crippen molar-refractivity contribution in [3.05, 3.63) is 58.8 Å². The van der Waals surface area contributed by atoms with Crippen LogP contribution in [-0.4, -0.2) is 58.7 Å². The van der Waals surface area contributed by atoms with Gasteiger partial charge in [-0.25, -0.2) is 9.78 Å². The summed E-state index contributed by atoms with van der Waals surface area (Å²) >= 11 is 0. The number of carbonyl (C=O) groups is 2. The Morgan fingerprint density at radius 3 is 2.62 bits per heavy atom. The van der Waals surface area contributed by atoms with Crippen LogP contribution in [0.15, 0.2) is 36.4 Å². The van der Waals surface area contributed by atoms with Crippen molar-refractivity contribution in [2.45, 2.75) is 58.7 Å². The first-order chi connectivity index (χ1) is 19.1. The minimum absolute atomic E-state index is 0.0698. The molecular formula is C32H35N3O5. The fourth-order valence-electron chi connectivity index (χ4n) is 6.13. The standard InChI is InChI=1S/C32H35N3O5/c1-18-17-23-20(7-9-22(34-23)30(36)35-14-5-6-15-35)27(25(18)29(31(37)38)40-32(2,3)4)21-8-10-24-26-19(12-16-39-24)11-13-33-28(21)26/h7-11,17,29,33H,5-6,12-16H2,1-4H3,(H,37,38)/t29-/m0/s1. The van der Waals surface area contributed by atoms with Gasteiger partial charge >= 0.3 is 5.97 Å². The van der Waals surface area contributed by atoms with Crippen molar-refractivity contribution in [2.24, 2.45) is 0 Å². The average molecular weight is 542 g/mol. The number of hydrogen-bond donors (Lipinski definition) is 2. The maximum atomic E-state index is 13.2. The number of hydrogen-bond acceptors (Lipinski definition) is 6. The van der Waals surface area contributed by atoms with Crippen molar-refractivity contribution in [1.82, 2.24) is 9.88 Å². The van der Waals surface area contributed by atoms with Gasteiger partial charge in [0.1, 0.15) is 11.4 Å². The van der Waals surface area contributed by atoms with Crippen molar-refractivity contribution in [3.63, 3.8) is 0 Å². The zero-order valence-electron chi connectivity index (χ0n) is 23.5. The number of anilines is 1. The Hall–Kier alpha value is -3.91. The second-order valence-corrected chi connectivity index (χ2v) is 11.8. The molecule has 0 radical (unpaired) electrons. The van der Waals surface area contributed by atoms with Crippen molar-refractivity contribution in [2.75, 3.05) is 31.6 Å². The first kappa shape index (κ1) is 26.3. The number of ether oxygens (including phenoxy) is 2. The summed E-state index contributed by atoms with van der Waals surface area (Å²) in [5.74, 6) is -0.310. The Balaban J connectivity index is 1.62. The van der Waals surface area contributed by atoms with E-state index < -0.39 is 17.7 Å². The van der Waals surface area contributed by atoms with Gasteiger partial charge in [0.15, 0.2) is 6.10 Å². The van der Waals surface area contributed by atoms with Gasteiger partial charge in [-0.3, -0.25) is 4.79 Å². The van der Waals surface area contributed by atoms with E-state index in [9.17, 15) is 14.7 Å². The number of amides is 1. The van der Waals surface area contributed by atoms with Gasteiger partial charge in [-0.1, -0.05) is 6.08 Å². The molecule has 6 rings (SSSR count). The molecule has 4 heterocycles. The normalized spacial score (nSPS) is 17.1. The zero-order chi connectivity index (χ0) is 28.2. The highest BCUT2D eigenvalue weighted by Gasteiger charge is 2.34. The van der Waals surface area contributed by atoms with E-state index in [1.807, 2.05) is 56.9 Å². The molecular weight excluding hydrogens is 506 g/mol. The number of benzene rings is 2. The van der Waals surface area contributed by atoms with Crippen LogP contribution >= 0.6 is 0 Å². The van der Waals surface area contributed by atoms with Crippen molar-refractivity contribution < 1.29 is 24.2 Å². The van der Waals surface area contributed by atoms with Crippen LogP contribution in [0.4, 0.5) is 5.69 Å². The van der Waals surface area contributed by atoms with E-state index in [0.29, 0.717) is 29.9 Å². The molecule has 208 valence electrons. The molecule has 1 fully saturated rings. The number of fused-ring (bicyclic) bond motifs is 1. The molecule has 2 aromatic carbocycles. The highest BCUT2D eigenvalue weighted by atomic mass is 16.5. The summed E-state index contributed by atoms with van der Waals surface area (Å²) in [6.07, 6.45) is 3.81. The molecule has 0 saturated carbocycles. The molecule has 1 atom stereocenters. The zero-order valence-corrected chi connectivity index (χ0v) is 23.5. The van der Waals surface area contributed by atoms with Crippen LogP contribution in [0.1, 0.15) is 73.3 Å². The highest BCUT2D eigenvalue weighted by molar-refractivity contribution is 6.06. The molecule has 40 heavy (non-hydrogen) atoms. The number of aryl methyl sites for hydroxylation is 1. The molecule has 3 aromatic rings. The second-order valence-electron chi connectivity index (χ2n) is 11.8. The number of nitrogens with zero attached hydrogens (tertiary/aromatic N) is 2. The molecule has 0 unspecified atom stereocenters. The summed E-state index contributed by atoms with van der Waals surface area (Å²) in [6, 6.07) is 9.50. The van der Waals surface area contributed by atoms with E-state index in [1.165, 1.54) is 5.57 Å². The van der Waals surface area contributed by atoms with Gasteiger partial charge < -0.3 is 24.8 Å². The van der Waals surface area contributed by atoms with Crippen LogP contribution in [0, 0.1) is 6.92 Å². The largest absolute Gasteiger partial charge is 0.493 e. The minimum Gasteiger partial charge on any atom is -0.493 e. The molecule has 0 aliphatic carbocycles. The third-order valence-electron chi connectivity index (χ3n) is 7.83. The van der Waals surface area contributed by atoms with Crippen molar-refractivity contribution in [3.8, 4) is 16.9 Å². The van der Waals surface area contributed by atoms with Crippen LogP contribution in [0.25, 0.3) is 27.6 Å². The molecule has 0 spiro atoms. The predicted molar refractivity (Wildman–Crippen MR) is 155 cm³/mol. The number of aliphatic carboxylic acids is 1. The SMILES string of the molecule is Cc1cc2nc(C(=O)N3CCCC3)ccc2c(-c2ccc3c4c2NCC=C4CCO3)c1[C@H](OC(C)(C)C)C(=O)O. The number of likely N-dealkylation sites (tertiary alicyclic amines) is 1. The lowest BCUT2D eigenvalue weighted by Crippen LogP contribution is -2.29. The van der Waals surface area contributed by atoms with E-state index in [1.54, 1.807) is 6.07 Å². The first-order valence-electron chi connectivity index (χ1n) is 14.0. The van der Waals surface area contributed by atoms with Gasteiger partial charge in [0.2, 0.25) is 0 Å². The average Bonchev–Trinajstić information content (AvgIpc) is 3.46. The summed E-state index contributed by atoms with van der Waals surface area (Å²) < 4.78 is 12.2. The third kappa shape index (κ3) is 4.60. The van der Waals surface area contributed by atoms with Crippen LogP contribution < -0.4 is 10.1 Å². The lowest BCUT2D eigenvalue weighted by molar-refractivity contribution is -0.160. The summed E-state index contributed by atoms with van der Waals surface area (Å²) in [7, 11) is 0. The van der Waals surface area contributed by atoms with Gasteiger partial charge in [0, 0.05) is 48.1 Å². The Morgan fingerprint density at radius 2 is 1.90 bits per heavy atom. The lowest BCUT2D eigenvalue weighted by atomic mass is 9.84. The Morgan fingerprint density at radius 1 is 1.12 bits per heavy atom. The molecule has 3 aliphatic heterocycles. The number of carboxylic acid groups (broad SMARTS) is 1. The van der Waals surface area contributed by atoms with E-state index in [-0.39, 0.29) is 5.91 Å². The molecule has 2 N–H and O–H groups in total. The number of pyridine rings is 1. The lowest BCUT2D eigenvalue weighted by Gasteiger charge is -2.31. The van der Waals surface area contributed by atoms with Crippen LogP contribution in [-0.2, 0) is 9.53 Å². The van der Waals surface area contributed by atoms with Gasteiger partial charge in [-0.15, -0.1) is 0 Å². The molecule has 1 saturated heterocycles. The van der Waals surface area contributed by atoms with Crippen molar-refractivity contribution >= 4 is 34.0 Å². The van der Waals surface area contributed by atoms with Crippen LogP contribution in [0.3, 0.4) is 0 Å². The van der Waals surface area contributed by atoms with E-state index in [4.69, 9.17) is 14.5 Å². The Bertz CT molecular complexity index is 1560. The predicted octanol–water partition coefficient (Wildman–Crippen LogP) is 5.98. The van der Waals surface area contributed by atoms with Gasteiger partial charge in [-0.2, -0.15) is 0 Å². The molecule has 1 amide bonds. The molecule has 8 nitrogen and oxygen atoms in total. The highest BCUT2D eigenvalue weighted by Crippen LogP contribution is 2.49. The quantitative estimate of drug-likeness (QED) is 0.410. The number of rotatable bonds is 5. The number of carboxylic acids is 1. The Labute approximate surface area is 234 Å². The topological polar surface area (TPSA) is 101 Å². The third-order valence-corrected chi connectivity index (χ3v) is 7.83. The van der Waals surface area contributed by atoms with Crippen LogP contribution in [0.2, 0.25) is 0 Å². The van der Waals surface area contributed by atoms with Gasteiger partial charge in [-0.05, 0) is 87.6 Å².